The van der Waals surface area contributed by atoms with Gasteiger partial charge < -0.3 is 10.6 Å². The van der Waals surface area contributed by atoms with E-state index in [1.54, 1.807) is 0 Å². The number of anilines is 1. The van der Waals surface area contributed by atoms with Gasteiger partial charge in [-0.05, 0) is 31.5 Å². The lowest BCUT2D eigenvalue weighted by Crippen LogP contribution is -2.35. The number of carbonyl (C=O) groups is 1. The van der Waals surface area contributed by atoms with Gasteiger partial charge in [0.2, 0.25) is 5.91 Å². The molecule has 4 nitrogen and oxygen atoms in total. The van der Waals surface area contributed by atoms with Gasteiger partial charge in [0.25, 0.3) is 0 Å². The van der Waals surface area contributed by atoms with Crippen LogP contribution in [-0.2, 0) is 4.79 Å². The van der Waals surface area contributed by atoms with Crippen molar-refractivity contribution in [1.82, 2.24) is 10.3 Å². The van der Waals surface area contributed by atoms with Crippen LogP contribution in [0.3, 0.4) is 0 Å². The van der Waals surface area contributed by atoms with Crippen molar-refractivity contribution in [3.05, 3.63) is 34.7 Å². The van der Waals surface area contributed by atoms with Crippen molar-refractivity contribution in [1.29, 1.82) is 0 Å². The molecule has 21 heavy (non-hydrogen) atoms. The van der Waals surface area contributed by atoms with Crippen molar-refractivity contribution in [2.45, 2.75) is 18.9 Å². The predicted molar refractivity (Wildman–Crippen MR) is 89.5 cm³/mol. The second kappa shape index (κ2) is 7.22. The highest BCUT2D eigenvalue weighted by Gasteiger charge is 2.22. The van der Waals surface area contributed by atoms with Crippen LogP contribution in [0, 0.1) is 0 Å². The van der Waals surface area contributed by atoms with E-state index in [2.05, 4.69) is 15.6 Å². The van der Waals surface area contributed by atoms with Crippen molar-refractivity contribution < 1.29 is 4.79 Å². The molecular formula is C14H15Cl2N3OS. The topological polar surface area (TPSA) is 54.0 Å². The molecule has 1 atom stereocenters. The third-order valence-corrected chi connectivity index (χ3v) is 4.26. The Hall–Kier alpha value is -1.14. The van der Waals surface area contributed by atoms with E-state index in [9.17, 15) is 4.79 Å². The summed E-state index contributed by atoms with van der Waals surface area (Å²) in [5.41, 5.74) is 1.84. The Labute approximate surface area is 138 Å². The Morgan fingerprint density at radius 3 is 2.81 bits per heavy atom. The average Bonchev–Trinajstić information content (AvgIpc) is 3.10. The van der Waals surface area contributed by atoms with Crippen LogP contribution < -0.4 is 10.6 Å². The molecule has 7 heteroatoms. The molecule has 0 bridgehead atoms. The van der Waals surface area contributed by atoms with E-state index < -0.39 is 0 Å². The monoisotopic (exact) mass is 343 g/mol. The van der Waals surface area contributed by atoms with Crippen LogP contribution in [0.1, 0.15) is 12.8 Å². The van der Waals surface area contributed by atoms with Crippen LogP contribution in [0.15, 0.2) is 29.6 Å². The zero-order valence-electron chi connectivity index (χ0n) is 11.1. The molecular weight excluding hydrogens is 329 g/mol. The molecule has 1 aliphatic heterocycles. The van der Waals surface area contributed by atoms with Gasteiger partial charge in [-0.1, -0.05) is 23.7 Å². The third kappa shape index (κ3) is 3.95. The highest BCUT2D eigenvalue weighted by atomic mass is 35.5. The second-order valence-electron chi connectivity index (χ2n) is 4.68. The molecule has 1 unspecified atom stereocenters. The fourth-order valence-corrected chi connectivity index (χ4v) is 3.03. The van der Waals surface area contributed by atoms with Crippen molar-refractivity contribution >= 4 is 46.4 Å². The maximum Gasteiger partial charge on any atom is 0.243 e. The first kappa shape index (κ1) is 16.2. The van der Waals surface area contributed by atoms with Crippen molar-refractivity contribution in [3.8, 4) is 11.3 Å². The molecule has 2 aromatic rings. The molecule has 1 aliphatic rings. The van der Waals surface area contributed by atoms with E-state index in [0.717, 1.165) is 30.6 Å². The lowest BCUT2D eigenvalue weighted by atomic mass is 10.2. The zero-order valence-corrected chi connectivity index (χ0v) is 13.5. The van der Waals surface area contributed by atoms with Gasteiger partial charge in [-0.3, -0.25) is 4.79 Å². The van der Waals surface area contributed by atoms with E-state index in [1.165, 1.54) is 11.3 Å². The molecule has 0 saturated carbocycles. The third-order valence-electron chi connectivity index (χ3n) is 3.25. The highest BCUT2D eigenvalue weighted by Crippen LogP contribution is 2.26. The van der Waals surface area contributed by atoms with Crippen LogP contribution in [-0.4, -0.2) is 23.5 Å². The van der Waals surface area contributed by atoms with Gasteiger partial charge in [-0.15, -0.1) is 23.7 Å². The largest absolute Gasteiger partial charge is 0.306 e. The molecule has 1 saturated heterocycles. The van der Waals surface area contributed by atoms with E-state index in [0.29, 0.717) is 10.2 Å². The van der Waals surface area contributed by atoms with Gasteiger partial charge in [0.1, 0.15) is 0 Å². The van der Waals surface area contributed by atoms with Gasteiger partial charge in [-0.25, -0.2) is 4.98 Å². The summed E-state index contributed by atoms with van der Waals surface area (Å²) in [6, 6.07) is 7.41. The molecule has 0 spiro atoms. The van der Waals surface area contributed by atoms with Gasteiger partial charge in [-0.2, -0.15) is 0 Å². The summed E-state index contributed by atoms with van der Waals surface area (Å²) in [4.78, 5) is 16.4. The number of rotatable bonds is 3. The van der Waals surface area contributed by atoms with Crippen molar-refractivity contribution in [2.24, 2.45) is 0 Å². The number of aromatic nitrogens is 1. The minimum atomic E-state index is -0.0853. The standard InChI is InChI=1S/C14H14ClN3OS.ClH/c15-10-5-3-9(4-6-10)12-8-20-14(17-12)18-13(19)11-2-1-7-16-11;/h3-6,8,11,16H,1-2,7H2,(H,17,18,19);1H. The lowest BCUT2D eigenvalue weighted by molar-refractivity contribution is -0.117. The Kier molecular flexibility index (Phi) is 5.58. The van der Waals surface area contributed by atoms with Crippen LogP contribution >= 0.6 is 35.3 Å². The van der Waals surface area contributed by atoms with Gasteiger partial charge >= 0.3 is 0 Å². The first-order valence-corrected chi connectivity index (χ1v) is 7.74. The number of nitrogens with zero attached hydrogens (tertiary/aromatic N) is 1. The maximum atomic E-state index is 12.0. The van der Waals surface area contributed by atoms with Crippen LogP contribution in [0.4, 0.5) is 5.13 Å². The molecule has 112 valence electrons. The zero-order chi connectivity index (χ0) is 13.9. The molecule has 1 fully saturated rings. The van der Waals surface area contributed by atoms with E-state index >= 15 is 0 Å². The highest BCUT2D eigenvalue weighted by molar-refractivity contribution is 7.14. The molecule has 0 radical (unpaired) electrons. The first-order valence-electron chi connectivity index (χ1n) is 6.48. The lowest BCUT2D eigenvalue weighted by Gasteiger charge is -2.08. The smallest absolute Gasteiger partial charge is 0.243 e. The Balaban J connectivity index is 0.00000161. The number of carbonyl (C=O) groups excluding carboxylic acids is 1. The summed E-state index contributed by atoms with van der Waals surface area (Å²) < 4.78 is 0. The summed E-state index contributed by atoms with van der Waals surface area (Å²) in [5.74, 6) is -0.000457. The molecule has 0 aliphatic carbocycles. The van der Waals surface area contributed by atoms with Crippen molar-refractivity contribution in [2.75, 3.05) is 11.9 Å². The van der Waals surface area contributed by atoms with E-state index in [-0.39, 0.29) is 24.4 Å². The quantitative estimate of drug-likeness (QED) is 0.895. The molecule has 1 aromatic carbocycles. The van der Waals surface area contributed by atoms with Gasteiger partial charge in [0, 0.05) is 16.0 Å². The number of amides is 1. The maximum absolute atomic E-state index is 12.0. The SMILES string of the molecule is Cl.O=C(Nc1nc(-c2ccc(Cl)cc2)cs1)C1CCCN1. The molecule has 3 rings (SSSR count). The summed E-state index contributed by atoms with van der Waals surface area (Å²) >= 11 is 7.30. The Morgan fingerprint density at radius 1 is 1.38 bits per heavy atom. The second-order valence-corrected chi connectivity index (χ2v) is 5.98. The number of nitrogens with one attached hydrogen (secondary N) is 2. The molecule has 1 aromatic heterocycles. The fraction of sp³-hybridized carbons (Fsp3) is 0.286. The summed E-state index contributed by atoms with van der Waals surface area (Å²) in [6.45, 7) is 0.909. The van der Waals surface area contributed by atoms with E-state index in [4.69, 9.17) is 11.6 Å². The minimum Gasteiger partial charge on any atom is -0.306 e. The van der Waals surface area contributed by atoms with Crippen LogP contribution in [0.2, 0.25) is 5.02 Å². The number of hydrogen-bond acceptors (Lipinski definition) is 4. The Morgan fingerprint density at radius 2 is 2.14 bits per heavy atom. The minimum absolute atomic E-state index is 0. The number of thiazole rings is 1. The Bertz CT molecular complexity index is 609. The summed E-state index contributed by atoms with van der Waals surface area (Å²) in [6.07, 6.45) is 1.94. The first-order chi connectivity index (χ1) is 9.72. The number of hydrogen-bond donors (Lipinski definition) is 2. The normalized spacial score (nSPS) is 17.3. The molecule has 2 heterocycles. The van der Waals surface area contributed by atoms with Gasteiger partial charge in [0.15, 0.2) is 5.13 Å². The predicted octanol–water partition coefficient (Wildman–Crippen LogP) is 3.58. The molecule has 1 amide bonds. The van der Waals surface area contributed by atoms with Crippen LogP contribution in [0.25, 0.3) is 11.3 Å². The molecule has 2 N–H and O–H groups in total. The van der Waals surface area contributed by atoms with Crippen LogP contribution in [0.5, 0.6) is 0 Å². The van der Waals surface area contributed by atoms with E-state index in [1.807, 2.05) is 29.6 Å². The summed E-state index contributed by atoms with van der Waals surface area (Å²) in [7, 11) is 0. The summed E-state index contributed by atoms with van der Waals surface area (Å²) in [5, 5.41) is 9.30. The van der Waals surface area contributed by atoms with Crippen molar-refractivity contribution in [3.63, 3.8) is 0 Å². The average molecular weight is 344 g/mol. The fourth-order valence-electron chi connectivity index (χ4n) is 2.19. The number of benzene rings is 1. The van der Waals surface area contributed by atoms with Gasteiger partial charge in [0.05, 0.1) is 11.7 Å². The number of halogens is 2.